The van der Waals surface area contributed by atoms with Gasteiger partial charge in [-0.05, 0) is 11.6 Å². The molecule has 15 heavy (non-hydrogen) atoms. The molecule has 0 spiro atoms. The second-order valence-electron chi connectivity index (χ2n) is 3.75. The molecule has 76 valence electrons. The third-order valence-electron chi connectivity index (χ3n) is 2.69. The molecule has 2 heterocycles. The van der Waals surface area contributed by atoms with Gasteiger partial charge in [0.25, 0.3) is 0 Å². The van der Waals surface area contributed by atoms with E-state index in [0.717, 1.165) is 6.61 Å². The molecule has 0 aliphatic carbocycles. The Balaban J connectivity index is 1.94. The first-order valence-electron chi connectivity index (χ1n) is 5.14. The van der Waals surface area contributed by atoms with Crippen molar-refractivity contribution in [2.45, 2.75) is 12.2 Å². The zero-order chi connectivity index (χ0) is 10.1. The quantitative estimate of drug-likeness (QED) is 0.684. The Kier molecular flexibility index (Phi) is 2.07. The molecule has 1 fully saturated rings. The highest BCUT2D eigenvalue weighted by Crippen LogP contribution is 2.31. The minimum Gasteiger partial charge on any atom is -0.490 e. The van der Waals surface area contributed by atoms with Gasteiger partial charge in [0.05, 0.1) is 12.9 Å². The topological polar surface area (TPSA) is 21.8 Å². The van der Waals surface area contributed by atoms with E-state index in [9.17, 15) is 0 Å². The van der Waals surface area contributed by atoms with Gasteiger partial charge in [0.15, 0.2) is 6.10 Å². The van der Waals surface area contributed by atoms with Gasteiger partial charge in [0.2, 0.25) is 0 Å². The van der Waals surface area contributed by atoms with Crippen LogP contribution in [0.15, 0.2) is 48.7 Å². The van der Waals surface area contributed by atoms with Crippen LogP contribution in [-0.2, 0) is 9.47 Å². The lowest BCUT2D eigenvalue weighted by atomic mass is 9.97. The van der Waals surface area contributed by atoms with Crippen LogP contribution in [0.1, 0.15) is 5.56 Å². The molecule has 0 N–H and O–H groups in total. The van der Waals surface area contributed by atoms with Crippen molar-refractivity contribution < 1.29 is 9.47 Å². The van der Waals surface area contributed by atoms with Crippen LogP contribution in [0.5, 0.6) is 0 Å². The van der Waals surface area contributed by atoms with E-state index in [-0.39, 0.29) is 12.2 Å². The van der Waals surface area contributed by atoms with Crippen molar-refractivity contribution in [3.63, 3.8) is 0 Å². The highest BCUT2D eigenvalue weighted by molar-refractivity contribution is 5.71. The van der Waals surface area contributed by atoms with Crippen molar-refractivity contribution >= 4 is 5.57 Å². The zero-order valence-electron chi connectivity index (χ0n) is 8.30. The van der Waals surface area contributed by atoms with Gasteiger partial charge in [-0.25, -0.2) is 0 Å². The van der Waals surface area contributed by atoms with E-state index in [4.69, 9.17) is 9.47 Å². The molecule has 0 bridgehead atoms. The summed E-state index contributed by atoms with van der Waals surface area (Å²) in [5.41, 5.74) is 2.42. The molecule has 2 aliphatic rings. The standard InChI is InChI=1S/C13H12O2/c1-2-5-10(6-3-1)11-7-4-8-14-13(11)12-9-15-12/h1-8,12-13H,9H2. The van der Waals surface area contributed by atoms with Crippen molar-refractivity contribution in [3.05, 3.63) is 54.3 Å². The van der Waals surface area contributed by atoms with Crippen molar-refractivity contribution in [1.82, 2.24) is 0 Å². The normalized spacial score (nSPS) is 28.1. The highest BCUT2D eigenvalue weighted by atomic mass is 16.6. The monoisotopic (exact) mass is 200 g/mol. The summed E-state index contributed by atoms with van der Waals surface area (Å²) in [4.78, 5) is 0. The molecule has 2 unspecified atom stereocenters. The van der Waals surface area contributed by atoms with E-state index in [2.05, 4.69) is 18.2 Å². The third kappa shape index (κ3) is 1.68. The number of hydrogen-bond donors (Lipinski definition) is 0. The van der Waals surface area contributed by atoms with Crippen molar-refractivity contribution in [1.29, 1.82) is 0 Å². The summed E-state index contributed by atoms with van der Waals surface area (Å²) in [6.45, 7) is 0.808. The Morgan fingerprint density at radius 2 is 1.93 bits per heavy atom. The fraction of sp³-hybridized carbons (Fsp3) is 0.231. The van der Waals surface area contributed by atoms with E-state index in [1.54, 1.807) is 6.26 Å². The molecular formula is C13H12O2. The average Bonchev–Trinajstić information content (AvgIpc) is 3.14. The molecular weight excluding hydrogens is 188 g/mol. The third-order valence-corrected chi connectivity index (χ3v) is 2.69. The fourth-order valence-electron chi connectivity index (χ4n) is 1.85. The number of epoxide rings is 1. The zero-order valence-corrected chi connectivity index (χ0v) is 8.30. The van der Waals surface area contributed by atoms with Gasteiger partial charge in [0, 0.05) is 5.57 Å². The Morgan fingerprint density at radius 1 is 1.13 bits per heavy atom. The molecule has 0 amide bonds. The van der Waals surface area contributed by atoms with E-state index in [1.807, 2.05) is 24.3 Å². The van der Waals surface area contributed by atoms with Gasteiger partial charge in [-0.15, -0.1) is 0 Å². The van der Waals surface area contributed by atoms with Crippen molar-refractivity contribution in [3.8, 4) is 0 Å². The molecule has 1 aromatic carbocycles. The van der Waals surface area contributed by atoms with Gasteiger partial charge in [-0.1, -0.05) is 36.4 Å². The van der Waals surface area contributed by atoms with Crippen LogP contribution in [0.4, 0.5) is 0 Å². The lowest BCUT2D eigenvalue weighted by Crippen LogP contribution is -2.21. The molecule has 2 aliphatic heterocycles. The van der Waals surface area contributed by atoms with E-state index in [1.165, 1.54) is 11.1 Å². The first kappa shape index (κ1) is 8.74. The van der Waals surface area contributed by atoms with Crippen LogP contribution in [0.2, 0.25) is 0 Å². The highest BCUT2D eigenvalue weighted by Gasteiger charge is 2.37. The summed E-state index contributed by atoms with van der Waals surface area (Å²) in [5, 5.41) is 0. The predicted molar refractivity (Wildman–Crippen MR) is 58.2 cm³/mol. The first-order valence-corrected chi connectivity index (χ1v) is 5.14. The van der Waals surface area contributed by atoms with Crippen LogP contribution >= 0.6 is 0 Å². The lowest BCUT2D eigenvalue weighted by molar-refractivity contribution is 0.155. The van der Waals surface area contributed by atoms with Crippen LogP contribution in [-0.4, -0.2) is 18.8 Å². The molecule has 0 saturated carbocycles. The summed E-state index contributed by atoms with van der Waals surface area (Å²) in [6, 6.07) is 10.3. The van der Waals surface area contributed by atoms with Crippen LogP contribution < -0.4 is 0 Å². The molecule has 0 aromatic heterocycles. The minimum atomic E-state index is 0.0670. The van der Waals surface area contributed by atoms with Gasteiger partial charge in [-0.3, -0.25) is 0 Å². The molecule has 3 rings (SSSR count). The van der Waals surface area contributed by atoms with E-state index < -0.39 is 0 Å². The summed E-state index contributed by atoms with van der Waals surface area (Å²) >= 11 is 0. The number of rotatable bonds is 2. The smallest absolute Gasteiger partial charge is 0.152 e. The summed E-state index contributed by atoms with van der Waals surface area (Å²) in [7, 11) is 0. The Hall–Kier alpha value is -1.54. The maximum Gasteiger partial charge on any atom is 0.152 e. The summed E-state index contributed by atoms with van der Waals surface area (Å²) in [5.74, 6) is 0. The second kappa shape index (κ2) is 3.55. The molecule has 2 nitrogen and oxygen atoms in total. The number of ether oxygens (including phenoxy) is 2. The number of hydrogen-bond acceptors (Lipinski definition) is 2. The Morgan fingerprint density at radius 3 is 2.67 bits per heavy atom. The van der Waals surface area contributed by atoms with Crippen LogP contribution in [0.25, 0.3) is 5.57 Å². The van der Waals surface area contributed by atoms with Crippen molar-refractivity contribution in [2.75, 3.05) is 6.61 Å². The minimum absolute atomic E-state index is 0.0670. The van der Waals surface area contributed by atoms with Gasteiger partial charge >= 0.3 is 0 Å². The molecule has 2 atom stereocenters. The van der Waals surface area contributed by atoms with Gasteiger partial charge < -0.3 is 9.47 Å². The van der Waals surface area contributed by atoms with Gasteiger partial charge in [-0.2, -0.15) is 0 Å². The summed E-state index contributed by atoms with van der Waals surface area (Å²) < 4.78 is 10.9. The van der Waals surface area contributed by atoms with Crippen molar-refractivity contribution in [2.24, 2.45) is 0 Å². The number of allylic oxidation sites excluding steroid dienone is 2. The van der Waals surface area contributed by atoms with E-state index in [0.29, 0.717) is 0 Å². The van der Waals surface area contributed by atoms with E-state index >= 15 is 0 Å². The molecule has 0 radical (unpaired) electrons. The molecule has 2 heteroatoms. The lowest BCUT2D eigenvalue weighted by Gasteiger charge is -2.21. The van der Waals surface area contributed by atoms with Crippen LogP contribution in [0.3, 0.4) is 0 Å². The summed E-state index contributed by atoms with van der Waals surface area (Å²) in [6.07, 6.45) is 6.07. The Bertz CT molecular complexity index is 402. The van der Waals surface area contributed by atoms with Gasteiger partial charge in [0.1, 0.15) is 6.10 Å². The molecule has 1 saturated heterocycles. The average molecular weight is 200 g/mol. The van der Waals surface area contributed by atoms with Crippen LogP contribution in [0, 0.1) is 0 Å². The second-order valence-corrected chi connectivity index (χ2v) is 3.75. The maximum absolute atomic E-state index is 5.60. The first-order chi connectivity index (χ1) is 7.45. The Labute approximate surface area is 88.8 Å². The fourth-order valence-corrected chi connectivity index (χ4v) is 1.85. The SMILES string of the molecule is C1=COC(C2CO2)C(c2ccccc2)=C1. The number of benzene rings is 1. The maximum atomic E-state index is 5.60. The molecule has 1 aromatic rings. The largest absolute Gasteiger partial charge is 0.490 e. The predicted octanol–water partition coefficient (Wildman–Crippen LogP) is 2.38.